The van der Waals surface area contributed by atoms with E-state index in [4.69, 9.17) is 9.47 Å². The molecule has 20 heavy (non-hydrogen) atoms. The number of aromatic nitrogens is 1. The van der Waals surface area contributed by atoms with Crippen molar-refractivity contribution in [1.82, 2.24) is 10.3 Å². The lowest BCUT2D eigenvalue weighted by Crippen LogP contribution is -2.12. The molecule has 1 aromatic carbocycles. The fraction of sp³-hybridized carbons (Fsp3) is 0.400. The lowest BCUT2D eigenvalue weighted by atomic mass is 10.2. The summed E-state index contributed by atoms with van der Waals surface area (Å²) in [5, 5.41) is 6.56. The van der Waals surface area contributed by atoms with Crippen LogP contribution in [-0.2, 0) is 13.1 Å². The van der Waals surface area contributed by atoms with Gasteiger partial charge in [-0.1, -0.05) is 6.07 Å². The van der Waals surface area contributed by atoms with Crippen molar-refractivity contribution >= 4 is 11.3 Å². The van der Waals surface area contributed by atoms with Crippen LogP contribution in [-0.4, -0.2) is 18.7 Å². The van der Waals surface area contributed by atoms with E-state index < -0.39 is 0 Å². The van der Waals surface area contributed by atoms with Crippen LogP contribution in [0, 0.1) is 6.92 Å². The predicted octanol–water partition coefficient (Wildman–Crippen LogP) is 3.15. The maximum atomic E-state index is 5.51. The molecule has 0 fully saturated rings. The van der Waals surface area contributed by atoms with Crippen LogP contribution in [0.25, 0.3) is 0 Å². The SMILES string of the molecule is CCOc1ccc(CNCc2nc(C)cs2)cc1OC. The van der Waals surface area contributed by atoms with E-state index in [0.717, 1.165) is 35.3 Å². The molecule has 0 saturated heterocycles. The molecule has 108 valence electrons. The molecule has 1 heterocycles. The quantitative estimate of drug-likeness (QED) is 0.851. The lowest BCUT2D eigenvalue weighted by Gasteiger charge is -2.11. The summed E-state index contributed by atoms with van der Waals surface area (Å²) in [6.07, 6.45) is 0. The minimum Gasteiger partial charge on any atom is -0.493 e. The second kappa shape index (κ2) is 7.26. The molecular weight excluding hydrogens is 272 g/mol. The monoisotopic (exact) mass is 292 g/mol. The van der Waals surface area contributed by atoms with Gasteiger partial charge in [0.15, 0.2) is 11.5 Å². The minimum absolute atomic E-state index is 0.636. The van der Waals surface area contributed by atoms with E-state index in [9.17, 15) is 0 Å². The standard InChI is InChI=1S/C15H20N2O2S/c1-4-19-13-6-5-12(7-14(13)18-3)8-16-9-15-17-11(2)10-20-15/h5-7,10,16H,4,8-9H2,1-3H3. The Balaban J connectivity index is 1.92. The zero-order valence-corrected chi connectivity index (χ0v) is 12.9. The summed E-state index contributed by atoms with van der Waals surface area (Å²) in [6.45, 7) is 6.18. The van der Waals surface area contributed by atoms with E-state index in [2.05, 4.69) is 15.7 Å². The predicted molar refractivity (Wildman–Crippen MR) is 81.6 cm³/mol. The molecule has 0 aliphatic carbocycles. The Kier molecular flexibility index (Phi) is 5.38. The summed E-state index contributed by atoms with van der Waals surface area (Å²) in [5.74, 6) is 1.56. The maximum absolute atomic E-state index is 5.51. The van der Waals surface area contributed by atoms with E-state index >= 15 is 0 Å². The first-order valence-electron chi connectivity index (χ1n) is 6.64. The molecule has 0 spiro atoms. The highest BCUT2D eigenvalue weighted by atomic mass is 32.1. The van der Waals surface area contributed by atoms with Gasteiger partial charge in [-0.15, -0.1) is 11.3 Å². The van der Waals surface area contributed by atoms with Crippen LogP contribution in [0.3, 0.4) is 0 Å². The minimum atomic E-state index is 0.636. The number of ether oxygens (including phenoxy) is 2. The number of rotatable bonds is 7. The van der Waals surface area contributed by atoms with Gasteiger partial charge in [0, 0.05) is 24.2 Å². The van der Waals surface area contributed by atoms with Gasteiger partial charge >= 0.3 is 0 Å². The van der Waals surface area contributed by atoms with Gasteiger partial charge in [-0.05, 0) is 31.5 Å². The molecule has 0 amide bonds. The summed E-state index contributed by atoms with van der Waals surface area (Å²) in [7, 11) is 1.66. The third-order valence-corrected chi connectivity index (χ3v) is 3.77. The number of hydrogen-bond donors (Lipinski definition) is 1. The van der Waals surface area contributed by atoms with Crippen LogP contribution >= 0.6 is 11.3 Å². The molecule has 0 atom stereocenters. The third-order valence-electron chi connectivity index (χ3n) is 2.80. The van der Waals surface area contributed by atoms with Gasteiger partial charge in [-0.25, -0.2) is 4.98 Å². The highest BCUT2D eigenvalue weighted by Crippen LogP contribution is 2.27. The summed E-state index contributed by atoms with van der Waals surface area (Å²) < 4.78 is 10.8. The second-order valence-electron chi connectivity index (χ2n) is 4.40. The van der Waals surface area contributed by atoms with Crippen LogP contribution in [0.1, 0.15) is 23.2 Å². The van der Waals surface area contributed by atoms with Crippen molar-refractivity contribution < 1.29 is 9.47 Å². The number of aryl methyl sites for hydroxylation is 1. The Morgan fingerprint density at radius 2 is 2.10 bits per heavy atom. The van der Waals surface area contributed by atoms with Crippen molar-refractivity contribution in [2.45, 2.75) is 26.9 Å². The average molecular weight is 292 g/mol. The largest absolute Gasteiger partial charge is 0.493 e. The van der Waals surface area contributed by atoms with Crippen molar-refractivity contribution in [1.29, 1.82) is 0 Å². The number of thiazole rings is 1. The summed E-state index contributed by atoms with van der Waals surface area (Å²) >= 11 is 1.68. The molecule has 2 rings (SSSR count). The zero-order valence-electron chi connectivity index (χ0n) is 12.1. The number of hydrogen-bond acceptors (Lipinski definition) is 5. The van der Waals surface area contributed by atoms with Crippen LogP contribution in [0.5, 0.6) is 11.5 Å². The van der Waals surface area contributed by atoms with E-state index in [0.29, 0.717) is 6.61 Å². The number of nitrogens with zero attached hydrogens (tertiary/aromatic N) is 1. The Morgan fingerprint density at radius 1 is 1.25 bits per heavy atom. The van der Waals surface area contributed by atoms with Crippen molar-refractivity contribution in [3.05, 3.63) is 39.8 Å². The Morgan fingerprint density at radius 3 is 2.75 bits per heavy atom. The summed E-state index contributed by atoms with van der Waals surface area (Å²) in [5.41, 5.74) is 2.24. The zero-order chi connectivity index (χ0) is 14.4. The number of methoxy groups -OCH3 is 1. The first-order valence-corrected chi connectivity index (χ1v) is 7.52. The highest BCUT2D eigenvalue weighted by molar-refractivity contribution is 7.09. The molecule has 4 nitrogen and oxygen atoms in total. The van der Waals surface area contributed by atoms with E-state index in [1.165, 1.54) is 5.56 Å². The average Bonchev–Trinajstić information content (AvgIpc) is 2.86. The molecule has 1 N–H and O–H groups in total. The van der Waals surface area contributed by atoms with Gasteiger partial charge in [0.05, 0.1) is 13.7 Å². The Bertz CT molecular complexity index is 555. The molecular formula is C15H20N2O2S. The molecule has 0 radical (unpaired) electrons. The molecule has 0 bridgehead atoms. The molecule has 0 saturated carbocycles. The van der Waals surface area contributed by atoms with Crippen molar-refractivity contribution in [2.75, 3.05) is 13.7 Å². The highest BCUT2D eigenvalue weighted by Gasteiger charge is 2.05. The smallest absolute Gasteiger partial charge is 0.161 e. The first kappa shape index (κ1) is 14.8. The van der Waals surface area contributed by atoms with Gasteiger partial charge in [0.25, 0.3) is 0 Å². The third kappa shape index (κ3) is 3.95. The molecule has 1 aromatic heterocycles. The van der Waals surface area contributed by atoms with Crippen LogP contribution in [0.4, 0.5) is 0 Å². The van der Waals surface area contributed by atoms with Gasteiger partial charge < -0.3 is 14.8 Å². The van der Waals surface area contributed by atoms with E-state index in [1.807, 2.05) is 32.0 Å². The fourth-order valence-electron chi connectivity index (χ4n) is 1.89. The van der Waals surface area contributed by atoms with Gasteiger partial charge in [-0.3, -0.25) is 0 Å². The summed E-state index contributed by atoms with van der Waals surface area (Å²) in [4.78, 5) is 4.43. The summed E-state index contributed by atoms with van der Waals surface area (Å²) in [6, 6.07) is 6.01. The molecule has 0 unspecified atom stereocenters. The van der Waals surface area contributed by atoms with Crippen LogP contribution in [0.2, 0.25) is 0 Å². The normalized spacial score (nSPS) is 10.6. The van der Waals surface area contributed by atoms with Crippen molar-refractivity contribution in [3.63, 3.8) is 0 Å². The van der Waals surface area contributed by atoms with Crippen molar-refractivity contribution in [2.24, 2.45) is 0 Å². The molecule has 2 aromatic rings. The van der Waals surface area contributed by atoms with Gasteiger partial charge in [0.1, 0.15) is 5.01 Å². The molecule has 0 aliphatic rings. The Labute approximate surface area is 123 Å². The fourth-order valence-corrected chi connectivity index (χ4v) is 2.64. The van der Waals surface area contributed by atoms with E-state index in [-0.39, 0.29) is 0 Å². The van der Waals surface area contributed by atoms with Crippen molar-refractivity contribution in [3.8, 4) is 11.5 Å². The molecule has 0 aliphatic heterocycles. The number of benzene rings is 1. The maximum Gasteiger partial charge on any atom is 0.161 e. The van der Waals surface area contributed by atoms with Crippen LogP contribution in [0.15, 0.2) is 23.6 Å². The Hall–Kier alpha value is -1.59. The second-order valence-corrected chi connectivity index (χ2v) is 5.35. The van der Waals surface area contributed by atoms with E-state index in [1.54, 1.807) is 18.4 Å². The van der Waals surface area contributed by atoms with Gasteiger partial charge in [-0.2, -0.15) is 0 Å². The van der Waals surface area contributed by atoms with Crippen LogP contribution < -0.4 is 14.8 Å². The number of nitrogens with one attached hydrogen (secondary N) is 1. The molecule has 5 heteroatoms. The topological polar surface area (TPSA) is 43.4 Å². The lowest BCUT2D eigenvalue weighted by molar-refractivity contribution is 0.310. The van der Waals surface area contributed by atoms with Gasteiger partial charge in [0.2, 0.25) is 0 Å². The first-order chi connectivity index (χ1) is 9.72.